The maximum Gasteiger partial charge on any atom is 0.264 e. The minimum absolute atomic E-state index is 0.297. The summed E-state index contributed by atoms with van der Waals surface area (Å²) >= 11 is 12.4. The molecule has 8 heteroatoms. The summed E-state index contributed by atoms with van der Waals surface area (Å²) < 4.78 is 12.2. The average molecular weight is 406 g/mol. The molecular weight excluding hydrogens is 389 g/mol. The monoisotopic (exact) mass is 405 g/mol. The zero-order valence-electron chi connectivity index (χ0n) is 14.7. The van der Waals surface area contributed by atoms with Gasteiger partial charge in [0.15, 0.2) is 5.82 Å². The normalized spacial score (nSPS) is 10.5. The number of carbonyl (C=O) groups is 1. The van der Waals surface area contributed by atoms with Crippen LogP contribution in [0.25, 0.3) is 0 Å². The van der Waals surface area contributed by atoms with Gasteiger partial charge in [-0.25, -0.2) is 0 Å². The van der Waals surface area contributed by atoms with Crippen molar-refractivity contribution < 1.29 is 14.3 Å². The van der Waals surface area contributed by atoms with Crippen molar-refractivity contribution in [2.45, 2.75) is 6.54 Å². The first-order valence-corrected chi connectivity index (χ1v) is 8.77. The van der Waals surface area contributed by atoms with Gasteiger partial charge in [0, 0.05) is 27.9 Å². The van der Waals surface area contributed by atoms with Crippen LogP contribution in [0, 0.1) is 0 Å². The number of rotatable bonds is 6. The van der Waals surface area contributed by atoms with E-state index in [0.717, 1.165) is 5.56 Å². The Morgan fingerprint density at radius 2 is 1.63 bits per heavy atom. The van der Waals surface area contributed by atoms with Gasteiger partial charge in [0.1, 0.15) is 17.1 Å². The summed E-state index contributed by atoms with van der Waals surface area (Å²) in [5.74, 6) is 0.824. The smallest absolute Gasteiger partial charge is 0.264 e. The van der Waals surface area contributed by atoms with Gasteiger partial charge in [0.25, 0.3) is 5.91 Å². The fourth-order valence-electron chi connectivity index (χ4n) is 2.62. The minimum atomic E-state index is -0.384. The molecule has 140 valence electrons. The lowest BCUT2D eigenvalue weighted by atomic mass is 10.1. The third kappa shape index (κ3) is 4.18. The Morgan fingerprint density at radius 1 is 1.04 bits per heavy atom. The van der Waals surface area contributed by atoms with Gasteiger partial charge in [0.2, 0.25) is 0 Å². The van der Waals surface area contributed by atoms with Gasteiger partial charge in [-0.05, 0) is 24.3 Å². The van der Waals surface area contributed by atoms with Crippen molar-refractivity contribution in [3.8, 4) is 11.5 Å². The maximum atomic E-state index is 12.7. The van der Waals surface area contributed by atoms with Crippen LogP contribution in [0.1, 0.15) is 15.9 Å². The van der Waals surface area contributed by atoms with Crippen molar-refractivity contribution in [1.29, 1.82) is 0 Å². The molecule has 0 saturated carbocycles. The van der Waals surface area contributed by atoms with Crippen LogP contribution >= 0.6 is 23.2 Å². The highest BCUT2D eigenvalue weighted by molar-refractivity contribution is 6.35. The highest BCUT2D eigenvalue weighted by Crippen LogP contribution is 2.29. The number of halogens is 2. The van der Waals surface area contributed by atoms with E-state index in [1.807, 2.05) is 0 Å². The molecule has 0 aliphatic heterocycles. The molecule has 0 aliphatic carbocycles. The molecule has 0 spiro atoms. The first kappa shape index (κ1) is 19.1. The van der Waals surface area contributed by atoms with E-state index in [9.17, 15) is 4.79 Å². The third-order valence-electron chi connectivity index (χ3n) is 3.92. The first-order valence-electron chi connectivity index (χ1n) is 8.02. The number of hydrogen-bond donors (Lipinski definition) is 1. The van der Waals surface area contributed by atoms with Crippen LogP contribution in [-0.2, 0) is 6.54 Å². The molecule has 0 radical (unpaired) electrons. The number of anilines is 1. The van der Waals surface area contributed by atoms with Crippen molar-refractivity contribution in [2.75, 3.05) is 19.5 Å². The molecule has 3 rings (SSSR count). The quantitative estimate of drug-likeness (QED) is 0.655. The molecule has 0 fully saturated rings. The van der Waals surface area contributed by atoms with Crippen LogP contribution in [0.4, 0.5) is 5.82 Å². The summed E-state index contributed by atoms with van der Waals surface area (Å²) in [5.41, 5.74) is 1.06. The van der Waals surface area contributed by atoms with Gasteiger partial charge in [-0.1, -0.05) is 35.3 Å². The van der Waals surface area contributed by atoms with Crippen LogP contribution in [0.5, 0.6) is 11.5 Å². The summed E-state index contributed by atoms with van der Waals surface area (Å²) in [6, 6.07) is 12.1. The molecule has 0 aliphatic rings. The fraction of sp³-hybridized carbons (Fsp3) is 0.158. The zero-order chi connectivity index (χ0) is 19.4. The topological polar surface area (TPSA) is 65.4 Å². The van der Waals surface area contributed by atoms with Crippen LogP contribution in [0.15, 0.2) is 48.7 Å². The van der Waals surface area contributed by atoms with E-state index in [4.69, 9.17) is 32.7 Å². The predicted molar refractivity (Wildman–Crippen MR) is 105 cm³/mol. The SMILES string of the molecule is COc1cccc(OC)c1C(=O)Nc1ccn(Cc2c(Cl)cccc2Cl)n1. The Kier molecular flexibility index (Phi) is 5.88. The van der Waals surface area contributed by atoms with E-state index in [1.54, 1.807) is 53.3 Å². The molecule has 0 bridgehead atoms. The van der Waals surface area contributed by atoms with Crippen LogP contribution < -0.4 is 14.8 Å². The molecule has 1 heterocycles. The summed E-state index contributed by atoms with van der Waals surface area (Å²) in [6.07, 6.45) is 1.73. The van der Waals surface area contributed by atoms with Crippen molar-refractivity contribution in [2.24, 2.45) is 0 Å². The number of ether oxygens (including phenoxy) is 2. The molecule has 6 nitrogen and oxygen atoms in total. The lowest BCUT2D eigenvalue weighted by molar-refractivity contribution is 0.102. The number of benzene rings is 2. The van der Waals surface area contributed by atoms with Gasteiger partial charge in [0.05, 0.1) is 20.8 Å². The van der Waals surface area contributed by atoms with Gasteiger partial charge < -0.3 is 14.8 Å². The number of carbonyl (C=O) groups excluding carboxylic acids is 1. The molecule has 0 unspecified atom stereocenters. The fourth-order valence-corrected chi connectivity index (χ4v) is 3.13. The Balaban J connectivity index is 1.80. The molecule has 3 aromatic rings. The summed E-state index contributed by atoms with van der Waals surface area (Å²) in [7, 11) is 2.99. The van der Waals surface area contributed by atoms with Gasteiger partial charge in [-0.3, -0.25) is 9.48 Å². The molecule has 0 atom stereocenters. The number of hydrogen-bond acceptors (Lipinski definition) is 4. The lowest BCUT2D eigenvalue weighted by Crippen LogP contribution is -2.15. The average Bonchev–Trinajstić information content (AvgIpc) is 3.11. The van der Waals surface area contributed by atoms with Crippen LogP contribution in [0.2, 0.25) is 10.0 Å². The molecule has 1 N–H and O–H groups in total. The van der Waals surface area contributed by atoms with E-state index in [0.29, 0.717) is 39.5 Å². The molecule has 27 heavy (non-hydrogen) atoms. The highest BCUT2D eigenvalue weighted by Gasteiger charge is 2.19. The third-order valence-corrected chi connectivity index (χ3v) is 4.63. The highest BCUT2D eigenvalue weighted by atomic mass is 35.5. The Morgan fingerprint density at radius 3 is 2.22 bits per heavy atom. The van der Waals surface area contributed by atoms with E-state index < -0.39 is 0 Å². The number of nitrogens with zero attached hydrogens (tertiary/aromatic N) is 2. The summed E-state index contributed by atoms with van der Waals surface area (Å²) in [6.45, 7) is 0.381. The number of methoxy groups -OCH3 is 2. The van der Waals surface area contributed by atoms with E-state index >= 15 is 0 Å². The first-order chi connectivity index (χ1) is 13.0. The Hall–Kier alpha value is -2.70. The molecule has 1 aromatic heterocycles. The molecule has 2 aromatic carbocycles. The molecule has 0 saturated heterocycles. The van der Waals surface area contributed by atoms with E-state index in [-0.39, 0.29) is 5.91 Å². The van der Waals surface area contributed by atoms with Crippen molar-refractivity contribution in [3.05, 3.63) is 69.8 Å². The van der Waals surface area contributed by atoms with Gasteiger partial charge in [-0.15, -0.1) is 0 Å². The predicted octanol–water partition coefficient (Wildman–Crippen LogP) is 4.51. The van der Waals surface area contributed by atoms with Gasteiger partial charge in [-0.2, -0.15) is 5.10 Å². The number of aromatic nitrogens is 2. The van der Waals surface area contributed by atoms with E-state index in [1.165, 1.54) is 14.2 Å². The van der Waals surface area contributed by atoms with Gasteiger partial charge >= 0.3 is 0 Å². The number of amides is 1. The van der Waals surface area contributed by atoms with Crippen LogP contribution in [-0.4, -0.2) is 29.9 Å². The van der Waals surface area contributed by atoms with Crippen LogP contribution in [0.3, 0.4) is 0 Å². The second-order valence-corrected chi connectivity index (χ2v) is 6.40. The summed E-state index contributed by atoms with van der Waals surface area (Å²) in [5, 5.41) is 8.21. The van der Waals surface area contributed by atoms with Crippen molar-refractivity contribution >= 4 is 34.9 Å². The van der Waals surface area contributed by atoms with Crippen molar-refractivity contribution in [1.82, 2.24) is 9.78 Å². The Bertz CT molecular complexity index is 930. The maximum absolute atomic E-state index is 12.7. The standard InChI is InChI=1S/C19H17Cl2N3O3/c1-26-15-7-4-8-16(27-2)18(15)19(25)22-17-9-10-24(23-17)11-12-13(20)5-3-6-14(12)21/h3-10H,11H2,1-2H3,(H,22,23,25). The minimum Gasteiger partial charge on any atom is -0.496 e. The summed E-state index contributed by atoms with van der Waals surface area (Å²) in [4.78, 5) is 12.7. The molecule has 1 amide bonds. The second-order valence-electron chi connectivity index (χ2n) is 5.59. The molecular formula is C19H17Cl2N3O3. The van der Waals surface area contributed by atoms with E-state index in [2.05, 4.69) is 10.4 Å². The zero-order valence-corrected chi connectivity index (χ0v) is 16.2. The lowest BCUT2D eigenvalue weighted by Gasteiger charge is -2.12. The second kappa shape index (κ2) is 8.33. The van der Waals surface area contributed by atoms with Crippen molar-refractivity contribution in [3.63, 3.8) is 0 Å². The largest absolute Gasteiger partial charge is 0.496 e. The Labute approximate surface area is 166 Å². The number of nitrogens with one attached hydrogen (secondary N) is 1.